The van der Waals surface area contributed by atoms with E-state index in [9.17, 15) is 4.79 Å². The van der Waals surface area contributed by atoms with E-state index in [1.165, 1.54) is 0 Å². The average Bonchev–Trinajstić information content (AvgIpc) is 2.21. The molecule has 0 saturated heterocycles. The molecule has 82 valence electrons. The molecule has 0 saturated carbocycles. The van der Waals surface area contributed by atoms with Crippen LogP contribution in [0.25, 0.3) is 0 Å². The Morgan fingerprint density at radius 2 is 2.07 bits per heavy atom. The molecular formula is C12H16ClNO. The van der Waals surface area contributed by atoms with Crippen LogP contribution in [0.5, 0.6) is 0 Å². The first-order valence-corrected chi connectivity index (χ1v) is 5.50. The Hall–Kier alpha value is -1.02. The Labute approximate surface area is 95.8 Å². The molecule has 0 N–H and O–H groups in total. The van der Waals surface area contributed by atoms with Crippen molar-refractivity contribution in [2.75, 3.05) is 7.05 Å². The van der Waals surface area contributed by atoms with E-state index in [1.54, 1.807) is 11.9 Å². The lowest BCUT2D eigenvalue weighted by molar-refractivity contribution is -0.130. The van der Waals surface area contributed by atoms with Crippen molar-refractivity contribution in [1.29, 1.82) is 0 Å². The second-order valence-corrected chi connectivity index (χ2v) is 4.00. The second-order valence-electron chi connectivity index (χ2n) is 3.59. The number of carbonyl (C=O) groups excluding carboxylic acids is 1. The number of hydrogen-bond donors (Lipinski definition) is 0. The molecule has 0 fully saturated rings. The fourth-order valence-electron chi connectivity index (χ4n) is 1.38. The van der Waals surface area contributed by atoms with Crippen molar-refractivity contribution < 1.29 is 4.79 Å². The minimum atomic E-state index is 0.164. The summed E-state index contributed by atoms with van der Waals surface area (Å²) in [7, 11) is 1.81. The smallest absolute Gasteiger partial charge is 0.222 e. The predicted octanol–water partition coefficient (Wildman–Crippen LogP) is 3.10. The number of nitrogens with zero attached hydrogens (tertiary/aromatic N) is 1. The van der Waals surface area contributed by atoms with Gasteiger partial charge in [0.2, 0.25) is 5.91 Å². The van der Waals surface area contributed by atoms with Gasteiger partial charge in [-0.1, -0.05) is 36.7 Å². The Balaban J connectivity index is 2.62. The largest absolute Gasteiger partial charge is 0.341 e. The molecule has 0 heterocycles. The van der Waals surface area contributed by atoms with Crippen molar-refractivity contribution in [2.45, 2.75) is 26.3 Å². The standard InChI is InChI=1S/C12H16ClNO/c1-3-6-12(15)14(2)9-10-7-4-5-8-11(10)13/h4-5,7-8H,3,6,9H2,1-2H3. The quantitative estimate of drug-likeness (QED) is 0.771. The molecule has 0 aliphatic heterocycles. The van der Waals surface area contributed by atoms with Crippen LogP contribution in [0.1, 0.15) is 25.3 Å². The van der Waals surface area contributed by atoms with Gasteiger partial charge in [-0.2, -0.15) is 0 Å². The van der Waals surface area contributed by atoms with Crippen molar-refractivity contribution >= 4 is 17.5 Å². The lowest BCUT2D eigenvalue weighted by Gasteiger charge is -2.17. The number of hydrogen-bond acceptors (Lipinski definition) is 1. The molecule has 0 spiro atoms. The van der Waals surface area contributed by atoms with Gasteiger partial charge in [0.15, 0.2) is 0 Å². The third-order valence-corrected chi connectivity index (χ3v) is 2.62. The Kier molecular flexibility index (Phi) is 4.63. The zero-order valence-corrected chi connectivity index (χ0v) is 9.92. The molecule has 2 nitrogen and oxygen atoms in total. The maximum Gasteiger partial charge on any atom is 0.222 e. The lowest BCUT2D eigenvalue weighted by Crippen LogP contribution is -2.25. The highest BCUT2D eigenvalue weighted by Crippen LogP contribution is 2.16. The fourth-order valence-corrected chi connectivity index (χ4v) is 1.57. The summed E-state index contributed by atoms with van der Waals surface area (Å²) in [6.45, 7) is 2.58. The van der Waals surface area contributed by atoms with Gasteiger partial charge in [-0.25, -0.2) is 0 Å². The molecule has 0 aliphatic rings. The SMILES string of the molecule is CCCC(=O)N(C)Cc1ccccc1Cl. The van der Waals surface area contributed by atoms with Crippen molar-refractivity contribution in [2.24, 2.45) is 0 Å². The normalized spacial score (nSPS) is 10.1. The van der Waals surface area contributed by atoms with Crippen LogP contribution in [0, 0.1) is 0 Å². The predicted molar refractivity (Wildman–Crippen MR) is 62.8 cm³/mol. The van der Waals surface area contributed by atoms with Crippen LogP contribution >= 0.6 is 11.6 Å². The molecule has 0 radical (unpaired) electrons. The minimum absolute atomic E-state index is 0.164. The summed E-state index contributed by atoms with van der Waals surface area (Å²) >= 11 is 6.01. The second kappa shape index (κ2) is 5.76. The Morgan fingerprint density at radius 1 is 1.40 bits per heavy atom. The first-order valence-electron chi connectivity index (χ1n) is 5.12. The van der Waals surface area contributed by atoms with E-state index < -0.39 is 0 Å². The van der Waals surface area contributed by atoms with Gasteiger partial charge in [0, 0.05) is 25.0 Å². The molecule has 0 aliphatic carbocycles. The Morgan fingerprint density at radius 3 is 2.67 bits per heavy atom. The summed E-state index contributed by atoms with van der Waals surface area (Å²) in [6.07, 6.45) is 1.48. The Bertz CT molecular complexity index is 338. The highest BCUT2D eigenvalue weighted by atomic mass is 35.5. The van der Waals surface area contributed by atoms with E-state index >= 15 is 0 Å². The van der Waals surface area contributed by atoms with Gasteiger partial charge in [-0.05, 0) is 18.1 Å². The van der Waals surface area contributed by atoms with E-state index in [2.05, 4.69) is 0 Å². The molecule has 3 heteroatoms. The van der Waals surface area contributed by atoms with Gasteiger partial charge in [-0.15, -0.1) is 0 Å². The van der Waals surface area contributed by atoms with E-state index in [4.69, 9.17) is 11.6 Å². The minimum Gasteiger partial charge on any atom is -0.341 e. The average molecular weight is 226 g/mol. The molecule has 0 unspecified atom stereocenters. The molecule has 1 rings (SSSR count). The van der Waals surface area contributed by atoms with Crippen LogP contribution in [-0.2, 0) is 11.3 Å². The number of benzene rings is 1. The molecule has 0 bridgehead atoms. The third kappa shape index (κ3) is 3.56. The highest BCUT2D eigenvalue weighted by molar-refractivity contribution is 6.31. The molecule has 0 atom stereocenters. The van der Waals surface area contributed by atoms with Gasteiger partial charge in [-0.3, -0.25) is 4.79 Å². The van der Waals surface area contributed by atoms with E-state index in [1.807, 2.05) is 31.2 Å². The fraction of sp³-hybridized carbons (Fsp3) is 0.417. The van der Waals surface area contributed by atoms with Gasteiger partial charge in [0.1, 0.15) is 0 Å². The number of carbonyl (C=O) groups is 1. The molecular weight excluding hydrogens is 210 g/mol. The number of rotatable bonds is 4. The topological polar surface area (TPSA) is 20.3 Å². The van der Waals surface area contributed by atoms with Crippen LogP contribution in [0.3, 0.4) is 0 Å². The van der Waals surface area contributed by atoms with Crippen LogP contribution < -0.4 is 0 Å². The zero-order chi connectivity index (χ0) is 11.3. The van der Waals surface area contributed by atoms with Crippen LogP contribution in [0.4, 0.5) is 0 Å². The van der Waals surface area contributed by atoms with Crippen LogP contribution in [-0.4, -0.2) is 17.9 Å². The molecule has 1 aromatic carbocycles. The first-order chi connectivity index (χ1) is 7.15. The van der Waals surface area contributed by atoms with Gasteiger partial charge in [0.05, 0.1) is 0 Å². The van der Waals surface area contributed by atoms with E-state index in [0.29, 0.717) is 18.0 Å². The lowest BCUT2D eigenvalue weighted by atomic mass is 10.2. The van der Waals surface area contributed by atoms with E-state index in [0.717, 1.165) is 12.0 Å². The van der Waals surface area contributed by atoms with Gasteiger partial charge in [0.25, 0.3) is 0 Å². The van der Waals surface area contributed by atoms with Crippen molar-refractivity contribution in [3.63, 3.8) is 0 Å². The summed E-state index contributed by atoms with van der Waals surface area (Å²) < 4.78 is 0. The summed E-state index contributed by atoms with van der Waals surface area (Å²) in [5.41, 5.74) is 0.992. The van der Waals surface area contributed by atoms with E-state index in [-0.39, 0.29) is 5.91 Å². The van der Waals surface area contributed by atoms with Crippen molar-refractivity contribution in [1.82, 2.24) is 4.90 Å². The summed E-state index contributed by atoms with van der Waals surface area (Å²) in [4.78, 5) is 13.3. The molecule has 1 amide bonds. The van der Waals surface area contributed by atoms with Gasteiger partial charge < -0.3 is 4.90 Å². The summed E-state index contributed by atoms with van der Waals surface area (Å²) in [5, 5.41) is 0.716. The van der Waals surface area contributed by atoms with Crippen LogP contribution in [0.2, 0.25) is 5.02 Å². The maximum absolute atomic E-state index is 11.5. The molecule has 1 aromatic rings. The third-order valence-electron chi connectivity index (χ3n) is 2.25. The van der Waals surface area contributed by atoms with Crippen LogP contribution in [0.15, 0.2) is 24.3 Å². The molecule has 0 aromatic heterocycles. The van der Waals surface area contributed by atoms with Crippen molar-refractivity contribution in [3.8, 4) is 0 Å². The monoisotopic (exact) mass is 225 g/mol. The summed E-state index contributed by atoms with van der Waals surface area (Å²) in [5.74, 6) is 0.164. The van der Waals surface area contributed by atoms with Crippen molar-refractivity contribution in [3.05, 3.63) is 34.9 Å². The number of amides is 1. The zero-order valence-electron chi connectivity index (χ0n) is 9.16. The molecule has 15 heavy (non-hydrogen) atoms. The first kappa shape index (κ1) is 12.1. The summed E-state index contributed by atoms with van der Waals surface area (Å²) in [6, 6.07) is 7.60. The highest BCUT2D eigenvalue weighted by Gasteiger charge is 2.09. The maximum atomic E-state index is 11.5. The number of halogens is 1. The van der Waals surface area contributed by atoms with Gasteiger partial charge >= 0.3 is 0 Å².